The van der Waals surface area contributed by atoms with E-state index in [2.05, 4.69) is 57.4 Å². The molecule has 0 aliphatic rings. The van der Waals surface area contributed by atoms with Crippen LogP contribution in [0.5, 0.6) is 0 Å². The van der Waals surface area contributed by atoms with Crippen molar-refractivity contribution < 1.29 is 9.53 Å². The first-order valence-corrected chi connectivity index (χ1v) is 9.33. The summed E-state index contributed by atoms with van der Waals surface area (Å²) in [5, 5.41) is 5.37. The predicted molar refractivity (Wildman–Crippen MR) is 110 cm³/mol. The van der Waals surface area contributed by atoms with E-state index in [1.54, 1.807) is 12.3 Å². The number of hydrogen-bond acceptors (Lipinski definition) is 3. The first kappa shape index (κ1) is 17.5. The molecule has 1 aromatic heterocycles. The van der Waals surface area contributed by atoms with Crippen LogP contribution < -0.4 is 0 Å². The summed E-state index contributed by atoms with van der Waals surface area (Å²) in [5.41, 5.74) is 4.74. The zero-order valence-corrected chi connectivity index (χ0v) is 16.3. The summed E-state index contributed by atoms with van der Waals surface area (Å²) in [6, 6.07) is 22.4. The average Bonchev–Trinajstić information content (AvgIpc) is 3.10. The Morgan fingerprint density at radius 2 is 1.74 bits per heavy atom. The molecule has 0 saturated heterocycles. The molecule has 0 bridgehead atoms. The summed E-state index contributed by atoms with van der Waals surface area (Å²) in [5.74, 6) is -0.373. The molecule has 4 rings (SSSR count). The third kappa shape index (κ3) is 3.51. The number of esters is 1. The molecule has 5 heteroatoms. The molecule has 0 atom stereocenters. The van der Waals surface area contributed by atoms with Crippen molar-refractivity contribution in [1.82, 2.24) is 9.78 Å². The summed E-state index contributed by atoms with van der Waals surface area (Å²) < 4.78 is 7.60. The second kappa shape index (κ2) is 7.37. The van der Waals surface area contributed by atoms with Gasteiger partial charge in [-0.3, -0.25) is 4.68 Å². The zero-order chi connectivity index (χ0) is 18.8. The second-order valence-corrected chi connectivity index (χ2v) is 7.16. The van der Waals surface area contributed by atoms with Crippen LogP contribution in [0.15, 0.2) is 77.4 Å². The molecule has 0 unspecified atom stereocenters. The van der Waals surface area contributed by atoms with Gasteiger partial charge < -0.3 is 4.74 Å². The van der Waals surface area contributed by atoms with Gasteiger partial charge in [-0.05, 0) is 28.8 Å². The van der Waals surface area contributed by atoms with E-state index < -0.39 is 0 Å². The van der Waals surface area contributed by atoms with Gasteiger partial charge in [-0.25, -0.2) is 4.79 Å². The first-order chi connectivity index (χ1) is 13.2. The van der Waals surface area contributed by atoms with E-state index in [1.165, 1.54) is 18.2 Å². The van der Waals surface area contributed by atoms with Crippen LogP contribution in [0.1, 0.15) is 15.9 Å². The Morgan fingerprint density at radius 1 is 1.04 bits per heavy atom. The maximum absolute atomic E-state index is 12.2. The Balaban J connectivity index is 1.69. The number of benzene rings is 3. The van der Waals surface area contributed by atoms with Gasteiger partial charge in [0.25, 0.3) is 0 Å². The number of aromatic nitrogens is 2. The monoisotopic (exact) mass is 420 g/mol. The fourth-order valence-electron chi connectivity index (χ4n) is 3.19. The quantitative estimate of drug-likeness (QED) is 0.420. The molecule has 0 amide bonds. The Hall–Kier alpha value is -2.92. The first-order valence-electron chi connectivity index (χ1n) is 8.53. The molecule has 0 aliphatic carbocycles. The van der Waals surface area contributed by atoms with Crippen LogP contribution in [0.4, 0.5) is 0 Å². The highest BCUT2D eigenvalue weighted by Gasteiger charge is 2.16. The van der Waals surface area contributed by atoms with Crippen molar-refractivity contribution in [3.05, 3.63) is 88.5 Å². The summed E-state index contributed by atoms with van der Waals surface area (Å²) in [4.78, 5) is 12.2. The molecular weight excluding hydrogens is 404 g/mol. The molecule has 0 spiro atoms. The van der Waals surface area contributed by atoms with E-state index >= 15 is 0 Å². The van der Waals surface area contributed by atoms with Crippen molar-refractivity contribution in [3.8, 4) is 11.1 Å². The van der Waals surface area contributed by atoms with Gasteiger partial charge in [0.15, 0.2) is 0 Å². The Morgan fingerprint density at radius 3 is 2.44 bits per heavy atom. The molecule has 134 valence electrons. The number of halogens is 1. The minimum absolute atomic E-state index is 0.373. The molecule has 4 nitrogen and oxygen atoms in total. The lowest BCUT2D eigenvalue weighted by molar-refractivity contribution is 0.0602. The molecule has 4 aromatic rings. The van der Waals surface area contributed by atoms with Crippen molar-refractivity contribution in [2.24, 2.45) is 0 Å². The minimum atomic E-state index is -0.373. The van der Waals surface area contributed by atoms with Crippen LogP contribution in [0, 0.1) is 0 Å². The molecule has 27 heavy (non-hydrogen) atoms. The summed E-state index contributed by atoms with van der Waals surface area (Å²) in [6.07, 6.45) is 1.77. The smallest absolute Gasteiger partial charge is 0.340 e. The van der Waals surface area contributed by atoms with Gasteiger partial charge in [0, 0.05) is 9.86 Å². The van der Waals surface area contributed by atoms with Gasteiger partial charge in [0.2, 0.25) is 0 Å². The SMILES string of the molecule is COC(=O)c1cc(Br)cc2cnn(Cc3ccc(-c4ccccc4)cc3)c12. The van der Waals surface area contributed by atoms with Crippen LogP contribution in [0.25, 0.3) is 22.0 Å². The highest BCUT2D eigenvalue weighted by Crippen LogP contribution is 2.26. The van der Waals surface area contributed by atoms with Crippen LogP contribution >= 0.6 is 15.9 Å². The molecule has 0 N–H and O–H groups in total. The van der Waals surface area contributed by atoms with E-state index in [4.69, 9.17) is 4.74 Å². The molecular formula is C22H17BrN2O2. The number of fused-ring (bicyclic) bond motifs is 1. The van der Waals surface area contributed by atoms with Crippen molar-refractivity contribution >= 4 is 32.8 Å². The van der Waals surface area contributed by atoms with Crippen molar-refractivity contribution in [3.63, 3.8) is 0 Å². The number of methoxy groups -OCH3 is 1. The van der Waals surface area contributed by atoms with Crippen LogP contribution in [-0.2, 0) is 11.3 Å². The number of rotatable bonds is 4. The van der Waals surface area contributed by atoms with Gasteiger partial charge in [0.1, 0.15) is 0 Å². The normalized spacial score (nSPS) is 10.9. The minimum Gasteiger partial charge on any atom is -0.465 e. The van der Waals surface area contributed by atoms with Crippen LogP contribution in [-0.4, -0.2) is 22.9 Å². The number of hydrogen-bond donors (Lipinski definition) is 0. The zero-order valence-electron chi connectivity index (χ0n) is 14.7. The highest BCUT2D eigenvalue weighted by molar-refractivity contribution is 9.10. The van der Waals surface area contributed by atoms with Crippen LogP contribution in [0.2, 0.25) is 0 Å². The lowest BCUT2D eigenvalue weighted by Gasteiger charge is -2.09. The Bertz CT molecular complexity index is 1100. The molecule has 0 aliphatic heterocycles. The molecule has 0 fully saturated rings. The fraction of sp³-hybridized carbons (Fsp3) is 0.0909. The third-order valence-corrected chi connectivity index (χ3v) is 4.96. The van der Waals surface area contributed by atoms with Gasteiger partial charge in [0.05, 0.1) is 30.9 Å². The Labute approximate surface area is 165 Å². The highest BCUT2D eigenvalue weighted by atomic mass is 79.9. The summed E-state index contributed by atoms with van der Waals surface area (Å²) in [6.45, 7) is 0.574. The number of ether oxygens (including phenoxy) is 1. The van der Waals surface area contributed by atoms with Gasteiger partial charge in [-0.1, -0.05) is 70.5 Å². The van der Waals surface area contributed by atoms with Gasteiger partial charge >= 0.3 is 5.97 Å². The third-order valence-electron chi connectivity index (χ3n) is 4.50. The van der Waals surface area contributed by atoms with Crippen LogP contribution in [0.3, 0.4) is 0 Å². The van der Waals surface area contributed by atoms with E-state index in [9.17, 15) is 4.79 Å². The number of carbonyl (C=O) groups excluding carboxylic acids is 1. The van der Waals surface area contributed by atoms with Gasteiger partial charge in [-0.2, -0.15) is 5.10 Å². The standard InChI is InChI=1S/C22H17BrN2O2/c1-27-22(26)20-12-19(23)11-18-13-24-25(21(18)20)14-15-7-9-17(10-8-15)16-5-3-2-4-6-16/h2-13H,14H2,1H3. The molecule has 0 radical (unpaired) electrons. The van der Waals surface area contributed by atoms with E-state index in [1.807, 2.05) is 28.9 Å². The van der Waals surface area contributed by atoms with Crippen molar-refractivity contribution in [2.75, 3.05) is 7.11 Å². The van der Waals surface area contributed by atoms with Gasteiger partial charge in [-0.15, -0.1) is 0 Å². The fourth-order valence-corrected chi connectivity index (χ4v) is 3.66. The molecule has 0 saturated carbocycles. The van der Waals surface area contributed by atoms with E-state index in [0.29, 0.717) is 12.1 Å². The topological polar surface area (TPSA) is 44.1 Å². The van der Waals surface area contributed by atoms with E-state index in [0.717, 1.165) is 20.9 Å². The van der Waals surface area contributed by atoms with E-state index in [-0.39, 0.29) is 5.97 Å². The maximum atomic E-state index is 12.2. The number of nitrogens with zero attached hydrogens (tertiary/aromatic N) is 2. The summed E-state index contributed by atoms with van der Waals surface area (Å²) in [7, 11) is 1.39. The lowest BCUT2D eigenvalue weighted by Crippen LogP contribution is -2.08. The van der Waals surface area contributed by atoms with Crippen molar-refractivity contribution in [1.29, 1.82) is 0 Å². The Kier molecular flexibility index (Phi) is 4.77. The number of carbonyl (C=O) groups is 1. The maximum Gasteiger partial charge on any atom is 0.340 e. The molecule has 3 aromatic carbocycles. The summed E-state index contributed by atoms with van der Waals surface area (Å²) >= 11 is 3.44. The van der Waals surface area contributed by atoms with Crippen molar-refractivity contribution in [2.45, 2.75) is 6.54 Å². The largest absolute Gasteiger partial charge is 0.465 e. The molecule has 1 heterocycles. The second-order valence-electron chi connectivity index (χ2n) is 6.25. The average molecular weight is 421 g/mol. The lowest BCUT2D eigenvalue weighted by atomic mass is 10.0. The predicted octanol–water partition coefficient (Wildman–Crippen LogP) is 5.30.